The summed E-state index contributed by atoms with van der Waals surface area (Å²) in [5.41, 5.74) is 8.27. The third-order valence-electron chi connectivity index (χ3n) is 4.62. The van der Waals surface area contributed by atoms with E-state index in [0.717, 1.165) is 28.8 Å². The molecule has 4 N–H and O–H groups in total. The van der Waals surface area contributed by atoms with E-state index in [9.17, 15) is 14.4 Å². The minimum atomic E-state index is -0.784. The molecule has 7 heteroatoms. The van der Waals surface area contributed by atoms with Gasteiger partial charge < -0.3 is 20.8 Å². The van der Waals surface area contributed by atoms with Gasteiger partial charge >= 0.3 is 0 Å². The van der Waals surface area contributed by atoms with Crippen molar-refractivity contribution in [3.63, 3.8) is 0 Å². The molecule has 27 heavy (non-hydrogen) atoms. The summed E-state index contributed by atoms with van der Waals surface area (Å²) in [7, 11) is 0. The van der Waals surface area contributed by atoms with Crippen molar-refractivity contribution in [3.8, 4) is 5.75 Å². The van der Waals surface area contributed by atoms with E-state index >= 15 is 0 Å². The van der Waals surface area contributed by atoms with Gasteiger partial charge in [0.1, 0.15) is 11.3 Å². The first-order valence-electron chi connectivity index (χ1n) is 8.90. The first-order valence-corrected chi connectivity index (χ1v) is 8.90. The molecule has 0 aliphatic heterocycles. The molecule has 2 amide bonds. The third-order valence-corrected chi connectivity index (χ3v) is 4.62. The fraction of sp³-hybridized carbons (Fsp3) is 0.350. The highest BCUT2D eigenvalue weighted by Crippen LogP contribution is 2.28. The van der Waals surface area contributed by atoms with Crippen LogP contribution in [0.3, 0.4) is 0 Å². The molecule has 0 fully saturated rings. The predicted octanol–water partition coefficient (Wildman–Crippen LogP) is 1.66. The molecule has 1 aliphatic rings. The number of benzene rings is 1. The molecule has 1 atom stereocenters. The number of hydrogen-bond donors (Lipinski definition) is 3. The maximum absolute atomic E-state index is 12.4. The van der Waals surface area contributed by atoms with Crippen LogP contribution in [0.2, 0.25) is 0 Å². The normalized spacial score (nSPS) is 15.7. The smallest absolute Gasteiger partial charge is 0.261 e. The number of hydrogen-bond acceptors (Lipinski definition) is 4. The van der Waals surface area contributed by atoms with Crippen LogP contribution in [0.1, 0.15) is 51.6 Å². The Hall–Kier alpha value is -3.09. The molecule has 1 unspecified atom stereocenters. The van der Waals surface area contributed by atoms with E-state index in [1.54, 1.807) is 0 Å². The standard InChI is InChI=1S/C20H23N3O4/c1-11-6-12(2)8-13(7-11)27-10-18(24)22-16-4-3-5-17-14(16)9-15(19(21)25)20(26)23-17/h6-9,16H,3-5,10H2,1-2H3,(H2,21,25)(H,22,24)(H,23,26). The number of aromatic amines is 1. The summed E-state index contributed by atoms with van der Waals surface area (Å²) in [6, 6.07) is 6.98. The predicted molar refractivity (Wildman–Crippen MR) is 101 cm³/mol. The van der Waals surface area contributed by atoms with Gasteiger partial charge in [-0.05, 0) is 68.0 Å². The van der Waals surface area contributed by atoms with E-state index in [0.29, 0.717) is 18.6 Å². The Labute approximate surface area is 156 Å². The maximum Gasteiger partial charge on any atom is 0.261 e. The number of ether oxygens (including phenoxy) is 1. The molecular formula is C20H23N3O4. The van der Waals surface area contributed by atoms with E-state index in [4.69, 9.17) is 10.5 Å². The van der Waals surface area contributed by atoms with Crippen molar-refractivity contribution in [1.29, 1.82) is 0 Å². The van der Waals surface area contributed by atoms with Gasteiger partial charge in [0.15, 0.2) is 6.61 Å². The Kier molecular flexibility index (Phi) is 5.30. The van der Waals surface area contributed by atoms with Crippen LogP contribution in [0.25, 0.3) is 0 Å². The lowest BCUT2D eigenvalue weighted by Crippen LogP contribution is -2.36. The van der Waals surface area contributed by atoms with Gasteiger partial charge in [-0.15, -0.1) is 0 Å². The molecule has 7 nitrogen and oxygen atoms in total. The van der Waals surface area contributed by atoms with Gasteiger partial charge in [0, 0.05) is 5.69 Å². The zero-order valence-corrected chi connectivity index (χ0v) is 15.4. The minimum Gasteiger partial charge on any atom is -0.484 e. The lowest BCUT2D eigenvalue weighted by atomic mass is 9.90. The molecular weight excluding hydrogens is 346 g/mol. The number of rotatable bonds is 5. The van der Waals surface area contributed by atoms with E-state index in [1.165, 1.54) is 6.07 Å². The van der Waals surface area contributed by atoms with Crippen molar-refractivity contribution < 1.29 is 14.3 Å². The van der Waals surface area contributed by atoms with Crippen LogP contribution in [0, 0.1) is 13.8 Å². The van der Waals surface area contributed by atoms with Crippen LogP contribution < -0.4 is 21.3 Å². The zero-order valence-electron chi connectivity index (χ0n) is 15.4. The summed E-state index contributed by atoms with van der Waals surface area (Å²) in [5, 5.41) is 2.92. The van der Waals surface area contributed by atoms with E-state index in [-0.39, 0.29) is 24.1 Å². The highest BCUT2D eigenvalue weighted by molar-refractivity contribution is 5.92. The molecule has 142 valence electrons. The van der Waals surface area contributed by atoms with Gasteiger partial charge in [-0.1, -0.05) is 6.07 Å². The van der Waals surface area contributed by atoms with Crippen LogP contribution in [0.15, 0.2) is 29.1 Å². The van der Waals surface area contributed by atoms with Crippen molar-refractivity contribution in [1.82, 2.24) is 10.3 Å². The summed E-state index contributed by atoms with van der Waals surface area (Å²) in [5.74, 6) is -0.404. The largest absolute Gasteiger partial charge is 0.484 e. The quantitative estimate of drug-likeness (QED) is 0.743. The van der Waals surface area contributed by atoms with Crippen LogP contribution in [0.5, 0.6) is 5.75 Å². The van der Waals surface area contributed by atoms with Crippen LogP contribution in [0.4, 0.5) is 0 Å². The summed E-state index contributed by atoms with van der Waals surface area (Å²) in [6.07, 6.45) is 2.23. The third kappa shape index (κ3) is 4.36. The summed E-state index contributed by atoms with van der Waals surface area (Å²) < 4.78 is 5.60. The van der Waals surface area contributed by atoms with Gasteiger partial charge in [-0.3, -0.25) is 14.4 Å². The molecule has 1 aliphatic carbocycles. The molecule has 1 aromatic heterocycles. The first-order chi connectivity index (χ1) is 12.8. The second-order valence-electron chi connectivity index (χ2n) is 6.93. The Morgan fingerprint density at radius 1 is 1.22 bits per heavy atom. The Morgan fingerprint density at radius 2 is 1.93 bits per heavy atom. The van der Waals surface area contributed by atoms with Crippen molar-refractivity contribution in [3.05, 3.63) is 62.6 Å². The van der Waals surface area contributed by atoms with E-state index < -0.39 is 11.5 Å². The second kappa shape index (κ2) is 7.65. The van der Waals surface area contributed by atoms with Gasteiger partial charge in [-0.2, -0.15) is 0 Å². The number of fused-ring (bicyclic) bond motifs is 1. The molecule has 0 saturated heterocycles. The number of pyridine rings is 1. The topological polar surface area (TPSA) is 114 Å². The zero-order chi connectivity index (χ0) is 19.6. The SMILES string of the molecule is Cc1cc(C)cc(OCC(=O)NC2CCCc3[nH]c(=O)c(C(N)=O)cc32)c1. The average molecular weight is 369 g/mol. The lowest BCUT2D eigenvalue weighted by Gasteiger charge is -2.26. The fourth-order valence-corrected chi connectivity index (χ4v) is 3.47. The highest BCUT2D eigenvalue weighted by atomic mass is 16.5. The molecule has 3 rings (SSSR count). The lowest BCUT2D eigenvalue weighted by molar-refractivity contribution is -0.124. The first kappa shape index (κ1) is 18.7. The van der Waals surface area contributed by atoms with Crippen molar-refractivity contribution >= 4 is 11.8 Å². The van der Waals surface area contributed by atoms with Crippen molar-refractivity contribution in [2.24, 2.45) is 5.73 Å². The number of H-pyrrole nitrogens is 1. The number of carbonyl (C=O) groups is 2. The number of aryl methyl sites for hydroxylation is 3. The molecule has 1 heterocycles. The van der Waals surface area contributed by atoms with Gasteiger partial charge in [0.05, 0.1) is 6.04 Å². The van der Waals surface area contributed by atoms with Gasteiger partial charge in [0.2, 0.25) is 0 Å². The van der Waals surface area contributed by atoms with Crippen molar-refractivity contribution in [2.75, 3.05) is 6.61 Å². The fourth-order valence-electron chi connectivity index (χ4n) is 3.47. The summed E-state index contributed by atoms with van der Waals surface area (Å²) >= 11 is 0. The highest BCUT2D eigenvalue weighted by Gasteiger charge is 2.25. The summed E-state index contributed by atoms with van der Waals surface area (Å²) in [4.78, 5) is 38.4. The Bertz CT molecular complexity index is 928. The number of carbonyl (C=O) groups excluding carboxylic acids is 2. The number of amides is 2. The van der Waals surface area contributed by atoms with Crippen LogP contribution >= 0.6 is 0 Å². The summed E-state index contributed by atoms with van der Waals surface area (Å²) in [6.45, 7) is 3.83. The van der Waals surface area contributed by atoms with Crippen LogP contribution in [-0.4, -0.2) is 23.4 Å². The van der Waals surface area contributed by atoms with Gasteiger partial charge in [0.25, 0.3) is 17.4 Å². The number of nitrogens with two attached hydrogens (primary N) is 1. The monoisotopic (exact) mass is 369 g/mol. The van der Waals surface area contributed by atoms with Gasteiger partial charge in [-0.25, -0.2) is 0 Å². The second-order valence-corrected chi connectivity index (χ2v) is 6.93. The maximum atomic E-state index is 12.4. The number of nitrogens with one attached hydrogen (secondary N) is 2. The number of aromatic nitrogens is 1. The molecule has 2 aromatic rings. The van der Waals surface area contributed by atoms with E-state index in [2.05, 4.69) is 10.3 Å². The van der Waals surface area contributed by atoms with Crippen molar-refractivity contribution in [2.45, 2.75) is 39.2 Å². The van der Waals surface area contributed by atoms with E-state index in [1.807, 2.05) is 32.0 Å². The molecule has 0 spiro atoms. The minimum absolute atomic E-state index is 0.0959. The molecule has 0 bridgehead atoms. The molecule has 0 saturated carbocycles. The molecule has 1 aromatic carbocycles. The molecule has 0 radical (unpaired) electrons. The van der Waals surface area contributed by atoms with Crippen LogP contribution in [-0.2, 0) is 11.2 Å². The Morgan fingerprint density at radius 3 is 2.59 bits per heavy atom. The average Bonchev–Trinajstić information content (AvgIpc) is 2.58. The number of primary amides is 1. The Balaban J connectivity index is 1.71.